The first-order valence-corrected chi connectivity index (χ1v) is 8.62. The number of piperidine rings is 1. The zero-order valence-electron chi connectivity index (χ0n) is 14.7. The van der Waals surface area contributed by atoms with Crippen LogP contribution in [-0.2, 0) is 9.47 Å². The molecular weight excluding hydrogens is 280 g/mol. The van der Waals surface area contributed by atoms with E-state index in [1.807, 2.05) is 20.8 Å². The van der Waals surface area contributed by atoms with Gasteiger partial charge in [0.25, 0.3) is 0 Å². The summed E-state index contributed by atoms with van der Waals surface area (Å²) in [6, 6.07) is 0. The van der Waals surface area contributed by atoms with E-state index >= 15 is 0 Å². The SMILES string of the molecule is CC(C)(C)OC(=O)N1CCC(C)(OCCN2CCCCC2)C1. The molecule has 0 saturated carbocycles. The van der Waals surface area contributed by atoms with Crippen molar-refractivity contribution in [2.45, 2.75) is 64.6 Å². The molecule has 1 unspecified atom stereocenters. The van der Waals surface area contributed by atoms with Crippen molar-refractivity contribution in [2.24, 2.45) is 0 Å². The summed E-state index contributed by atoms with van der Waals surface area (Å²) in [5, 5.41) is 0. The molecule has 0 aliphatic carbocycles. The third-order valence-electron chi connectivity index (χ3n) is 4.39. The van der Waals surface area contributed by atoms with Gasteiger partial charge in [0.2, 0.25) is 0 Å². The van der Waals surface area contributed by atoms with Gasteiger partial charge in [-0.2, -0.15) is 0 Å². The number of rotatable bonds is 4. The van der Waals surface area contributed by atoms with Gasteiger partial charge in [0.15, 0.2) is 0 Å². The minimum Gasteiger partial charge on any atom is -0.444 e. The second kappa shape index (κ2) is 7.18. The standard InChI is InChI=1S/C17H32N2O3/c1-16(2,3)22-15(20)19-11-8-17(4,14-19)21-13-12-18-9-6-5-7-10-18/h5-14H2,1-4H3. The van der Waals surface area contributed by atoms with E-state index in [0.29, 0.717) is 6.54 Å². The second-order valence-electron chi connectivity index (χ2n) is 7.85. The molecule has 2 fully saturated rings. The van der Waals surface area contributed by atoms with Crippen molar-refractivity contribution in [1.82, 2.24) is 9.80 Å². The second-order valence-corrected chi connectivity index (χ2v) is 7.85. The lowest BCUT2D eigenvalue weighted by Gasteiger charge is -2.30. The number of likely N-dealkylation sites (tertiary alicyclic amines) is 2. The average molecular weight is 312 g/mol. The summed E-state index contributed by atoms with van der Waals surface area (Å²) in [5.41, 5.74) is -0.669. The van der Waals surface area contributed by atoms with E-state index in [-0.39, 0.29) is 11.7 Å². The highest BCUT2D eigenvalue weighted by molar-refractivity contribution is 5.68. The predicted octanol–water partition coefficient (Wildman–Crippen LogP) is 2.89. The molecule has 0 radical (unpaired) electrons. The molecule has 0 bridgehead atoms. The summed E-state index contributed by atoms with van der Waals surface area (Å²) in [6.07, 6.45) is 4.63. The maximum absolute atomic E-state index is 12.1. The summed E-state index contributed by atoms with van der Waals surface area (Å²) in [6.45, 7) is 13.3. The summed E-state index contributed by atoms with van der Waals surface area (Å²) in [7, 11) is 0. The van der Waals surface area contributed by atoms with Gasteiger partial charge < -0.3 is 19.3 Å². The van der Waals surface area contributed by atoms with Crippen LogP contribution in [0.15, 0.2) is 0 Å². The molecule has 2 aliphatic rings. The topological polar surface area (TPSA) is 42.0 Å². The Bertz CT molecular complexity index is 375. The Hall–Kier alpha value is -0.810. The zero-order valence-corrected chi connectivity index (χ0v) is 14.7. The van der Waals surface area contributed by atoms with Crippen LogP contribution in [0.1, 0.15) is 53.4 Å². The summed E-state index contributed by atoms with van der Waals surface area (Å²) in [5.74, 6) is 0. The molecule has 5 nitrogen and oxygen atoms in total. The molecule has 22 heavy (non-hydrogen) atoms. The van der Waals surface area contributed by atoms with Gasteiger partial charge in [-0.25, -0.2) is 4.79 Å². The molecule has 0 aromatic rings. The fraction of sp³-hybridized carbons (Fsp3) is 0.941. The Labute approximate surface area is 134 Å². The Morgan fingerprint density at radius 2 is 1.82 bits per heavy atom. The Kier molecular flexibility index (Phi) is 5.72. The van der Waals surface area contributed by atoms with E-state index in [2.05, 4.69) is 11.8 Å². The van der Waals surface area contributed by atoms with Crippen molar-refractivity contribution in [3.63, 3.8) is 0 Å². The first-order chi connectivity index (χ1) is 10.3. The highest BCUT2D eigenvalue weighted by Gasteiger charge is 2.38. The maximum Gasteiger partial charge on any atom is 0.410 e. The third-order valence-corrected chi connectivity index (χ3v) is 4.39. The molecule has 0 spiro atoms. The van der Waals surface area contributed by atoms with E-state index in [1.165, 1.54) is 32.4 Å². The van der Waals surface area contributed by atoms with Gasteiger partial charge in [0.1, 0.15) is 5.60 Å². The first kappa shape index (κ1) is 17.5. The lowest BCUT2D eigenvalue weighted by Crippen LogP contribution is -2.40. The predicted molar refractivity (Wildman–Crippen MR) is 87.1 cm³/mol. The maximum atomic E-state index is 12.1. The molecule has 2 aliphatic heterocycles. The fourth-order valence-corrected chi connectivity index (χ4v) is 3.14. The van der Waals surface area contributed by atoms with Gasteiger partial charge in [-0.3, -0.25) is 0 Å². The van der Waals surface area contributed by atoms with E-state index in [9.17, 15) is 4.79 Å². The van der Waals surface area contributed by atoms with Crippen LogP contribution < -0.4 is 0 Å². The molecule has 1 atom stereocenters. The molecule has 2 heterocycles. The van der Waals surface area contributed by atoms with Gasteiger partial charge in [-0.1, -0.05) is 6.42 Å². The minimum atomic E-state index is -0.439. The highest BCUT2D eigenvalue weighted by atomic mass is 16.6. The van der Waals surface area contributed by atoms with Gasteiger partial charge in [-0.05, 0) is 60.0 Å². The molecule has 0 aromatic carbocycles. The van der Waals surface area contributed by atoms with Crippen molar-refractivity contribution in [3.8, 4) is 0 Å². The van der Waals surface area contributed by atoms with Crippen molar-refractivity contribution in [1.29, 1.82) is 0 Å². The number of carbonyl (C=O) groups is 1. The van der Waals surface area contributed by atoms with Crippen LogP contribution in [0.4, 0.5) is 4.79 Å². The average Bonchev–Trinajstić information content (AvgIpc) is 2.81. The summed E-state index contributed by atoms with van der Waals surface area (Å²) in [4.78, 5) is 16.4. The molecule has 2 saturated heterocycles. The van der Waals surface area contributed by atoms with Crippen molar-refractivity contribution >= 4 is 6.09 Å². The number of nitrogens with zero attached hydrogens (tertiary/aromatic N) is 2. The van der Waals surface area contributed by atoms with E-state index in [1.54, 1.807) is 4.90 Å². The summed E-state index contributed by atoms with van der Waals surface area (Å²) >= 11 is 0. The highest BCUT2D eigenvalue weighted by Crippen LogP contribution is 2.26. The Morgan fingerprint density at radius 3 is 2.45 bits per heavy atom. The van der Waals surface area contributed by atoms with Gasteiger partial charge >= 0.3 is 6.09 Å². The van der Waals surface area contributed by atoms with Crippen LogP contribution in [0, 0.1) is 0 Å². The van der Waals surface area contributed by atoms with Crippen molar-refractivity contribution < 1.29 is 14.3 Å². The van der Waals surface area contributed by atoms with Crippen LogP contribution in [0.25, 0.3) is 0 Å². The fourth-order valence-electron chi connectivity index (χ4n) is 3.14. The lowest BCUT2D eigenvalue weighted by molar-refractivity contribution is -0.0357. The van der Waals surface area contributed by atoms with Crippen LogP contribution in [0.3, 0.4) is 0 Å². The summed E-state index contributed by atoms with van der Waals surface area (Å²) < 4.78 is 11.6. The van der Waals surface area contributed by atoms with Crippen molar-refractivity contribution in [3.05, 3.63) is 0 Å². The number of hydrogen-bond donors (Lipinski definition) is 0. The smallest absolute Gasteiger partial charge is 0.410 e. The number of carbonyl (C=O) groups excluding carboxylic acids is 1. The van der Waals surface area contributed by atoms with Crippen LogP contribution in [0.2, 0.25) is 0 Å². The molecule has 2 rings (SSSR count). The minimum absolute atomic E-state index is 0.226. The number of hydrogen-bond acceptors (Lipinski definition) is 4. The van der Waals surface area contributed by atoms with E-state index < -0.39 is 5.60 Å². The normalized spacial score (nSPS) is 27.2. The Morgan fingerprint density at radius 1 is 1.14 bits per heavy atom. The molecule has 128 valence electrons. The van der Waals surface area contributed by atoms with Gasteiger partial charge in [0, 0.05) is 13.1 Å². The largest absolute Gasteiger partial charge is 0.444 e. The van der Waals surface area contributed by atoms with Crippen LogP contribution >= 0.6 is 0 Å². The Balaban J connectivity index is 1.71. The zero-order chi connectivity index (χ0) is 16.2. The van der Waals surface area contributed by atoms with E-state index in [0.717, 1.165) is 26.1 Å². The van der Waals surface area contributed by atoms with Crippen molar-refractivity contribution in [2.75, 3.05) is 39.3 Å². The third kappa shape index (κ3) is 5.43. The van der Waals surface area contributed by atoms with Gasteiger partial charge in [-0.15, -0.1) is 0 Å². The number of amides is 1. The quantitative estimate of drug-likeness (QED) is 0.800. The molecule has 0 N–H and O–H groups in total. The molecular formula is C17H32N2O3. The monoisotopic (exact) mass is 312 g/mol. The lowest BCUT2D eigenvalue weighted by atomic mass is 10.1. The molecule has 1 amide bonds. The van der Waals surface area contributed by atoms with Gasteiger partial charge in [0.05, 0.1) is 18.8 Å². The molecule has 5 heteroatoms. The first-order valence-electron chi connectivity index (χ1n) is 8.62. The molecule has 0 aromatic heterocycles. The van der Waals surface area contributed by atoms with Crippen LogP contribution in [-0.4, -0.2) is 66.4 Å². The number of ether oxygens (including phenoxy) is 2. The van der Waals surface area contributed by atoms with E-state index in [4.69, 9.17) is 9.47 Å². The van der Waals surface area contributed by atoms with Crippen LogP contribution in [0.5, 0.6) is 0 Å².